The summed E-state index contributed by atoms with van der Waals surface area (Å²) in [5, 5.41) is 24.8. The molecule has 5 saturated heterocycles. The number of para-hydroxylation sites is 3. The van der Waals surface area contributed by atoms with E-state index < -0.39 is 162 Å². The Balaban J connectivity index is 0.000000164. The number of hydrogen-bond acceptors (Lipinski definition) is 33. The van der Waals surface area contributed by atoms with Crippen LogP contribution in [0.25, 0.3) is 77.0 Å². The Morgan fingerprint density at radius 3 is 1.24 bits per heavy atom. The standard InChI is InChI=1S/C28H26FN5O4S.C22H26N2O8S.C17H18N4O3S.C11H10FNO2.C11H19NO6S.C10H17NO6S/c1-16-19(20-12-18(29)7-8-23(20)31-16)13-26(35)34-9-10-39(36,37)15-25(34)27-30-14-24(32-27)21-11-17-5-3-4-6-22(17)33-28(21)38-2;1-22(2,3)32-21(27)24-9-10-33(28,29)13-17(24)20(26)31-12-18(25)15-11-14-7-5-6-8-16(14)23-19(15)30-4;1-24-17-12(8-11-4-2-3-5-13(11)21-17)14-9-19-16(20-14)15-10-25(22,23)7-6-18-15;1-6-8(5-11(14)15)9-4-7(12)2-3-10(9)13-6;1-11(2,3)18-10(14)12-5-6-19(15,16)7-8(12)9(13)17-4;1-10(2,3)17-9(14)11-4-5-18(15,16)6-7(11)8(12)13/h3-8,11-12,14,25,31H,9-10,13,15H2,1-2H3,(H,30,32);5-8,11,17H,9-10,12-13H2,1-4H3;2-5,8-9,15,18H,6-7,10H2,1H3,(H,19,20);2-4,13H,5H2,1H3,(H,14,15);8H,5-7H2,1-4H3;7H,4-6H2,1-3H3,(H,12,13). The predicted octanol–water partition coefficient (Wildman–Crippen LogP) is 10.3. The van der Waals surface area contributed by atoms with Crippen LogP contribution in [0.2, 0.25) is 0 Å². The van der Waals surface area contributed by atoms with Gasteiger partial charge in [-0.3, -0.25) is 29.1 Å². The molecule has 5 atom stereocenters. The molecule has 50 heteroatoms. The van der Waals surface area contributed by atoms with Gasteiger partial charge in [0.25, 0.3) is 0 Å². The highest BCUT2D eigenvalue weighted by Crippen LogP contribution is 2.38. The first kappa shape index (κ1) is 113. The molecule has 4 amide bonds. The van der Waals surface area contributed by atoms with Gasteiger partial charge in [0.2, 0.25) is 29.3 Å². The number of esters is 2. The number of imidazole rings is 2. The third kappa shape index (κ3) is 29.8. The molecular weight excluding hydrogens is 2050 g/mol. The fraction of sp³-hybridized carbons (Fsp3) is 0.414. The number of pyridine rings is 3. The van der Waals surface area contributed by atoms with E-state index >= 15 is 0 Å². The van der Waals surface area contributed by atoms with Crippen LogP contribution in [-0.2, 0) is 110 Å². The minimum Gasteiger partial charge on any atom is -0.481 e. The predicted molar refractivity (Wildman–Crippen MR) is 545 cm³/mol. The maximum atomic E-state index is 14.0. The second-order valence-electron chi connectivity index (χ2n) is 38.3. The first-order valence-electron chi connectivity index (χ1n) is 46.5. The number of Topliss-reactive ketones (excluding diaryl/α,β-unsaturated/α-hetero) is 1. The number of amides is 4. The Bertz CT molecular complexity index is 7710. The first-order chi connectivity index (χ1) is 69.8. The first-order valence-corrected chi connectivity index (χ1v) is 55.6. The molecule has 800 valence electrons. The van der Waals surface area contributed by atoms with Crippen molar-refractivity contribution in [2.75, 3.05) is 125 Å². The summed E-state index contributed by atoms with van der Waals surface area (Å²) in [5.41, 5.74) is 7.26. The number of aromatic amines is 4. The number of sulfone groups is 5. The summed E-state index contributed by atoms with van der Waals surface area (Å²) in [6.07, 6.45) is 0.859. The van der Waals surface area contributed by atoms with Crippen LogP contribution < -0.4 is 19.5 Å². The summed E-state index contributed by atoms with van der Waals surface area (Å²) in [6.45, 7) is 18.0. The summed E-state index contributed by atoms with van der Waals surface area (Å²) in [7, 11) is -11.2. The van der Waals surface area contributed by atoms with E-state index in [4.69, 9.17) is 43.4 Å². The monoisotopic (exact) mass is 2160 g/mol. The molecule has 0 radical (unpaired) electrons. The van der Waals surface area contributed by atoms with Crippen molar-refractivity contribution in [1.82, 2.24) is 69.8 Å². The minimum atomic E-state index is -3.58. The average Bonchev–Trinajstić information content (AvgIpc) is 1.63. The maximum absolute atomic E-state index is 14.0. The van der Waals surface area contributed by atoms with E-state index in [1.807, 2.05) is 67.6 Å². The van der Waals surface area contributed by atoms with E-state index in [1.54, 1.807) is 136 Å². The second-order valence-corrected chi connectivity index (χ2v) is 49.4. The third-order valence-electron chi connectivity index (χ3n) is 23.7. The van der Waals surface area contributed by atoms with Crippen LogP contribution in [0, 0.1) is 25.5 Å². The molecular formula is C99H116F2N14O29S5. The van der Waals surface area contributed by atoms with Gasteiger partial charge in [0.1, 0.15) is 64.3 Å². The average molecular weight is 2160 g/mol. The van der Waals surface area contributed by atoms with Crippen molar-refractivity contribution in [3.05, 3.63) is 191 Å². The number of aryl methyl sites for hydroxylation is 2. The lowest BCUT2D eigenvalue weighted by atomic mass is 10.1. The number of fused-ring (bicyclic) bond motifs is 5. The van der Waals surface area contributed by atoms with Gasteiger partial charge in [0.15, 0.2) is 55.8 Å². The number of rotatable bonds is 17. The Morgan fingerprint density at radius 1 is 0.436 bits per heavy atom. The topological polar surface area (TPSA) is 591 Å². The van der Waals surface area contributed by atoms with Crippen molar-refractivity contribution in [1.29, 1.82) is 0 Å². The largest absolute Gasteiger partial charge is 0.481 e. The van der Waals surface area contributed by atoms with Gasteiger partial charge < -0.3 is 78.3 Å². The van der Waals surface area contributed by atoms with Gasteiger partial charge >= 0.3 is 42.2 Å². The summed E-state index contributed by atoms with van der Waals surface area (Å²) < 4.78 is 187. The minimum absolute atomic E-state index is 0.00180. The van der Waals surface area contributed by atoms with Crippen LogP contribution in [0.15, 0.2) is 140 Å². The van der Waals surface area contributed by atoms with Crippen molar-refractivity contribution >= 4 is 158 Å². The van der Waals surface area contributed by atoms with E-state index in [0.717, 1.165) is 77.3 Å². The number of methoxy groups -OCH3 is 4. The molecule has 149 heavy (non-hydrogen) atoms. The molecule has 0 saturated carbocycles. The summed E-state index contributed by atoms with van der Waals surface area (Å²) in [6, 6.07) is 31.7. The molecule has 5 aromatic carbocycles. The fourth-order valence-electron chi connectivity index (χ4n) is 16.6. The molecule has 0 aliphatic carbocycles. The molecule has 5 unspecified atom stereocenters. The van der Waals surface area contributed by atoms with E-state index in [1.165, 1.54) is 38.5 Å². The van der Waals surface area contributed by atoms with Gasteiger partial charge in [-0.05, 0) is 160 Å². The van der Waals surface area contributed by atoms with Gasteiger partial charge in [-0.15, -0.1) is 0 Å². The summed E-state index contributed by atoms with van der Waals surface area (Å²) in [4.78, 5) is 148. The lowest BCUT2D eigenvalue weighted by Crippen LogP contribution is -2.56. The zero-order valence-corrected chi connectivity index (χ0v) is 88.2. The number of carboxylic acid groups (broad SMARTS) is 2. The van der Waals surface area contributed by atoms with Crippen molar-refractivity contribution < 1.29 is 142 Å². The van der Waals surface area contributed by atoms with Gasteiger partial charge in [0.05, 0.1) is 162 Å². The zero-order valence-electron chi connectivity index (χ0n) is 84.1. The van der Waals surface area contributed by atoms with Crippen LogP contribution in [0.4, 0.5) is 23.2 Å². The number of H-pyrrole nitrogens is 4. The van der Waals surface area contributed by atoms with Crippen molar-refractivity contribution in [3.63, 3.8) is 0 Å². The lowest BCUT2D eigenvalue weighted by molar-refractivity contribution is -0.148. The van der Waals surface area contributed by atoms with Crippen LogP contribution >= 0.6 is 0 Å². The highest BCUT2D eigenvalue weighted by atomic mass is 32.2. The Kier molecular flexibility index (Phi) is 35.4. The molecule has 17 rings (SSSR count). The van der Waals surface area contributed by atoms with Crippen LogP contribution in [0.3, 0.4) is 0 Å². The normalized spacial score (nSPS) is 18.6. The number of carboxylic acids is 2. The van der Waals surface area contributed by atoms with E-state index in [9.17, 15) is 94.0 Å². The van der Waals surface area contributed by atoms with Gasteiger partial charge in [-0.25, -0.2) is 105 Å². The number of nitrogens with one attached hydrogen (secondary N) is 5. The molecule has 12 aromatic rings. The smallest absolute Gasteiger partial charge is 0.411 e. The number of ketones is 1. The highest BCUT2D eigenvalue weighted by Gasteiger charge is 2.46. The lowest BCUT2D eigenvalue weighted by Gasteiger charge is -2.34. The van der Waals surface area contributed by atoms with Crippen molar-refractivity contribution in [2.24, 2.45) is 0 Å². The molecule has 5 aliphatic heterocycles. The molecule has 0 spiro atoms. The number of aliphatic carboxylic acids is 2. The summed E-state index contributed by atoms with van der Waals surface area (Å²) >= 11 is 0. The third-order valence-corrected chi connectivity index (χ3v) is 31.9. The molecule has 5 aliphatic rings. The Hall–Kier alpha value is -14.4. The van der Waals surface area contributed by atoms with Crippen LogP contribution in [0.5, 0.6) is 17.6 Å². The summed E-state index contributed by atoms with van der Waals surface area (Å²) in [5.74, 6) is -6.17. The number of carbonyl (C=O) groups is 9. The number of nitrogens with zero attached hydrogens (tertiary/aromatic N) is 9. The number of halogens is 2. The van der Waals surface area contributed by atoms with Gasteiger partial charge in [-0.1, -0.05) is 54.6 Å². The molecule has 7 aromatic heterocycles. The van der Waals surface area contributed by atoms with E-state index in [2.05, 4.69) is 54.9 Å². The van der Waals surface area contributed by atoms with Crippen LogP contribution in [-0.4, -0.2) is 331 Å². The molecule has 12 heterocycles. The fourth-order valence-corrected chi connectivity index (χ4v) is 23.7. The number of hydrogen-bond donors (Lipinski definition) is 7. The zero-order chi connectivity index (χ0) is 109. The van der Waals surface area contributed by atoms with Crippen molar-refractivity contribution in [2.45, 2.75) is 136 Å². The Morgan fingerprint density at radius 2 is 0.819 bits per heavy atom. The quantitative estimate of drug-likeness (QED) is 0.0253. The molecule has 0 bridgehead atoms. The number of ether oxygens (including phenoxy) is 8. The SMILES string of the molecule is CC(C)(C)OC(=O)N1CCS(=O)(=O)CC1C(=O)O.COC(=O)C1CS(=O)(=O)CCN1C(=O)OC(C)(C)C.COc1nc2ccccc2cc1-c1cnc(C2CS(=O)(=O)CCN2)[nH]1.COc1nc2ccccc2cc1-c1cnc(C2CS(=O)(=O)CCN2C(=O)Cc2c(C)[nH]c3ccc(F)cc23)[nH]1.COc1nc2ccccc2cc1C(=O)COC(=O)C1CS(=O)(=O)CCN1C(=O)OC(C)(C)C.Cc1[nH]c2ccc(F)cc2c1CC(=O)O. The number of aromatic nitrogens is 9. The number of benzene rings is 5. The van der Waals surface area contributed by atoms with Gasteiger partial charge in [0, 0.05) is 82.1 Å². The molecule has 7 N–H and O–H groups in total. The molecule has 43 nitrogen and oxygen atoms in total. The van der Waals surface area contributed by atoms with Gasteiger partial charge in [-0.2, -0.15) is 0 Å². The van der Waals surface area contributed by atoms with Crippen molar-refractivity contribution in [3.8, 4) is 40.2 Å². The number of carbonyl (C=O) groups excluding carboxylic acids is 7. The second kappa shape index (κ2) is 46.6. The maximum Gasteiger partial charge on any atom is 0.411 e. The van der Waals surface area contributed by atoms with E-state index in [-0.39, 0.29) is 114 Å². The van der Waals surface area contributed by atoms with Crippen LogP contribution in [0.1, 0.15) is 119 Å². The highest BCUT2D eigenvalue weighted by molar-refractivity contribution is 7.92. The van der Waals surface area contributed by atoms with E-state index in [0.29, 0.717) is 74.0 Å². The molecule has 5 fully saturated rings. The Labute approximate surface area is 856 Å².